The smallest absolute Gasteiger partial charge is 0.0541 e. The van der Waals surface area contributed by atoms with Crippen LogP contribution >= 0.6 is 15.9 Å². The molecule has 0 radical (unpaired) electrons. The first kappa shape index (κ1) is 19.1. The fourth-order valence-corrected chi connectivity index (χ4v) is 4.98. The van der Waals surface area contributed by atoms with Gasteiger partial charge in [-0.15, -0.1) is 0 Å². The topological polar surface area (TPSA) is 4.93 Å². The van der Waals surface area contributed by atoms with Crippen LogP contribution < -0.4 is 0 Å². The van der Waals surface area contributed by atoms with Gasteiger partial charge in [-0.25, -0.2) is 0 Å². The first-order valence-electron chi connectivity index (χ1n) is 10.7. The van der Waals surface area contributed by atoms with Crippen LogP contribution in [0.3, 0.4) is 0 Å². The molecule has 0 saturated heterocycles. The minimum atomic E-state index is 1.09. The molecule has 0 spiro atoms. The minimum Gasteiger partial charge on any atom is -0.309 e. The van der Waals surface area contributed by atoms with E-state index < -0.39 is 0 Å². The zero-order chi connectivity index (χ0) is 21.5. The van der Waals surface area contributed by atoms with Crippen LogP contribution in [0.5, 0.6) is 0 Å². The van der Waals surface area contributed by atoms with Crippen LogP contribution in [0.15, 0.2) is 126 Å². The van der Waals surface area contributed by atoms with E-state index in [1.165, 1.54) is 44.1 Å². The molecule has 32 heavy (non-hydrogen) atoms. The molecule has 0 atom stereocenters. The molecule has 0 aliphatic heterocycles. The molecule has 152 valence electrons. The highest BCUT2D eigenvalue weighted by molar-refractivity contribution is 9.10. The second-order valence-electron chi connectivity index (χ2n) is 7.98. The van der Waals surface area contributed by atoms with E-state index in [4.69, 9.17) is 0 Å². The third-order valence-electron chi connectivity index (χ3n) is 6.07. The monoisotopic (exact) mass is 473 g/mol. The SMILES string of the molecule is Brc1ccc2c(c1)c1ccccc1n2-c1ccc(-c2ccccc2)c(-c2ccccc2)c1. The van der Waals surface area contributed by atoms with E-state index in [-0.39, 0.29) is 0 Å². The van der Waals surface area contributed by atoms with E-state index >= 15 is 0 Å². The van der Waals surface area contributed by atoms with Gasteiger partial charge < -0.3 is 4.57 Å². The summed E-state index contributed by atoms with van der Waals surface area (Å²) < 4.78 is 3.47. The van der Waals surface area contributed by atoms with Gasteiger partial charge in [-0.1, -0.05) is 101 Å². The highest BCUT2D eigenvalue weighted by Crippen LogP contribution is 2.38. The normalized spacial score (nSPS) is 11.3. The summed E-state index contributed by atoms with van der Waals surface area (Å²) in [5.74, 6) is 0. The second-order valence-corrected chi connectivity index (χ2v) is 8.89. The van der Waals surface area contributed by atoms with Crippen LogP contribution in [-0.4, -0.2) is 4.57 Å². The molecule has 0 aliphatic rings. The Hall–Kier alpha value is -3.62. The highest BCUT2D eigenvalue weighted by atomic mass is 79.9. The lowest BCUT2D eigenvalue weighted by atomic mass is 9.94. The zero-order valence-corrected chi connectivity index (χ0v) is 19.0. The first-order chi connectivity index (χ1) is 15.8. The van der Waals surface area contributed by atoms with E-state index in [1.807, 2.05) is 0 Å². The summed E-state index contributed by atoms with van der Waals surface area (Å²) in [5, 5.41) is 2.51. The quantitative estimate of drug-likeness (QED) is 0.241. The van der Waals surface area contributed by atoms with Crippen molar-refractivity contribution >= 4 is 37.7 Å². The summed E-state index contributed by atoms with van der Waals surface area (Å²) in [6, 6.07) is 43.3. The van der Waals surface area contributed by atoms with Gasteiger partial charge in [0.25, 0.3) is 0 Å². The standard InChI is InChI=1S/C30H20BrN/c31-23-15-18-30-28(19-23)26-13-7-8-14-29(26)32(30)24-16-17-25(21-9-3-1-4-10-21)27(20-24)22-11-5-2-6-12-22/h1-20H. The lowest BCUT2D eigenvalue weighted by Gasteiger charge is -2.15. The van der Waals surface area contributed by atoms with E-state index in [0.717, 1.165) is 10.2 Å². The number of para-hydroxylation sites is 1. The van der Waals surface area contributed by atoms with Crippen LogP contribution in [0.4, 0.5) is 0 Å². The number of hydrogen-bond acceptors (Lipinski definition) is 0. The van der Waals surface area contributed by atoms with Gasteiger partial charge in [0, 0.05) is 20.9 Å². The van der Waals surface area contributed by atoms with Gasteiger partial charge in [-0.2, -0.15) is 0 Å². The molecule has 1 aromatic heterocycles. The van der Waals surface area contributed by atoms with Crippen LogP contribution in [0, 0.1) is 0 Å². The van der Waals surface area contributed by atoms with Gasteiger partial charge in [0.15, 0.2) is 0 Å². The summed E-state index contributed by atoms with van der Waals surface area (Å²) in [5.41, 5.74) is 8.51. The maximum atomic E-state index is 3.65. The average Bonchev–Trinajstić information content (AvgIpc) is 3.18. The Kier molecular flexibility index (Phi) is 4.66. The number of nitrogens with zero attached hydrogens (tertiary/aromatic N) is 1. The Bertz CT molecular complexity index is 1560. The van der Waals surface area contributed by atoms with Crippen molar-refractivity contribution in [2.24, 2.45) is 0 Å². The van der Waals surface area contributed by atoms with Crippen molar-refractivity contribution < 1.29 is 0 Å². The largest absolute Gasteiger partial charge is 0.309 e. The molecule has 0 unspecified atom stereocenters. The highest BCUT2D eigenvalue weighted by Gasteiger charge is 2.15. The van der Waals surface area contributed by atoms with Crippen molar-refractivity contribution in [1.82, 2.24) is 4.57 Å². The number of halogens is 1. The Balaban J connectivity index is 1.66. The van der Waals surface area contributed by atoms with Crippen molar-refractivity contribution in [1.29, 1.82) is 0 Å². The Morgan fingerprint density at radius 2 is 1.09 bits per heavy atom. The lowest BCUT2D eigenvalue weighted by Crippen LogP contribution is -1.96. The molecule has 0 amide bonds. The number of rotatable bonds is 3. The molecule has 6 aromatic rings. The fraction of sp³-hybridized carbons (Fsp3) is 0. The van der Waals surface area contributed by atoms with Crippen molar-refractivity contribution in [3.05, 3.63) is 126 Å². The Labute approximate surface area is 195 Å². The summed E-state index contributed by atoms with van der Waals surface area (Å²) in [6.07, 6.45) is 0. The molecule has 2 heteroatoms. The van der Waals surface area contributed by atoms with E-state index in [1.54, 1.807) is 0 Å². The Morgan fingerprint density at radius 3 is 1.84 bits per heavy atom. The lowest BCUT2D eigenvalue weighted by molar-refractivity contribution is 1.18. The van der Waals surface area contributed by atoms with Crippen LogP contribution in [0.1, 0.15) is 0 Å². The molecule has 0 fully saturated rings. The van der Waals surface area contributed by atoms with Gasteiger partial charge >= 0.3 is 0 Å². The van der Waals surface area contributed by atoms with Crippen LogP contribution in [0.25, 0.3) is 49.7 Å². The number of aromatic nitrogens is 1. The molecule has 0 bridgehead atoms. The summed E-state index contributed by atoms with van der Waals surface area (Å²) in [4.78, 5) is 0. The van der Waals surface area contributed by atoms with Crippen molar-refractivity contribution in [3.8, 4) is 27.9 Å². The number of benzene rings is 5. The summed E-state index contributed by atoms with van der Waals surface area (Å²) >= 11 is 3.65. The zero-order valence-electron chi connectivity index (χ0n) is 17.4. The fourth-order valence-electron chi connectivity index (χ4n) is 4.62. The molecular formula is C30H20BrN. The molecule has 1 heterocycles. The number of hydrogen-bond donors (Lipinski definition) is 0. The van der Waals surface area contributed by atoms with Crippen molar-refractivity contribution in [2.75, 3.05) is 0 Å². The molecule has 1 nitrogen and oxygen atoms in total. The van der Waals surface area contributed by atoms with Crippen molar-refractivity contribution in [2.45, 2.75) is 0 Å². The maximum Gasteiger partial charge on any atom is 0.0541 e. The predicted molar refractivity (Wildman–Crippen MR) is 139 cm³/mol. The van der Waals surface area contributed by atoms with Gasteiger partial charge in [0.2, 0.25) is 0 Å². The Morgan fingerprint density at radius 1 is 0.469 bits per heavy atom. The maximum absolute atomic E-state index is 3.65. The van der Waals surface area contributed by atoms with Crippen LogP contribution in [-0.2, 0) is 0 Å². The third kappa shape index (κ3) is 3.16. The predicted octanol–water partition coefficient (Wildman–Crippen LogP) is 8.88. The van der Waals surface area contributed by atoms with E-state index in [2.05, 4.69) is 142 Å². The minimum absolute atomic E-state index is 1.09. The number of fused-ring (bicyclic) bond motifs is 3. The third-order valence-corrected chi connectivity index (χ3v) is 6.56. The molecular weight excluding hydrogens is 454 g/mol. The van der Waals surface area contributed by atoms with Gasteiger partial charge in [-0.3, -0.25) is 0 Å². The van der Waals surface area contributed by atoms with Gasteiger partial charge in [0.05, 0.1) is 11.0 Å². The summed E-state index contributed by atoms with van der Waals surface area (Å²) in [6.45, 7) is 0. The van der Waals surface area contributed by atoms with Gasteiger partial charge in [0.1, 0.15) is 0 Å². The molecule has 0 N–H and O–H groups in total. The van der Waals surface area contributed by atoms with Crippen LogP contribution in [0.2, 0.25) is 0 Å². The van der Waals surface area contributed by atoms with Gasteiger partial charge in [-0.05, 0) is 58.7 Å². The molecule has 6 rings (SSSR count). The molecule has 0 saturated carbocycles. The van der Waals surface area contributed by atoms with E-state index in [0.29, 0.717) is 0 Å². The van der Waals surface area contributed by atoms with E-state index in [9.17, 15) is 0 Å². The second kappa shape index (κ2) is 7.81. The summed E-state index contributed by atoms with van der Waals surface area (Å²) in [7, 11) is 0. The molecule has 0 aliphatic carbocycles. The molecule has 5 aromatic carbocycles. The van der Waals surface area contributed by atoms with Crippen molar-refractivity contribution in [3.63, 3.8) is 0 Å². The first-order valence-corrected chi connectivity index (χ1v) is 11.5. The average molecular weight is 474 g/mol.